The van der Waals surface area contributed by atoms with E-state index in [0.717, 1.165) is 13.2 Å². The summed E-state index contributed by atoms with van der Waals surface area (Å²) in [5.41, 5.74) is -0.00174. The predicted molar refractivity (Wildman–Crippen MR) is 44.3 cm³/mol. The van der Waals surface area contributed by atoms with E-state index >= 15 is 0 Å². The third-order valence-electron chi connectivity index (χ3n) is 1.23. The molecule has 0 aromatic rings. The monoisotopic (exact) mass is 145 g/mol. The molecule has 0 N–H and O–H groups in total. The second-order valence-electron chi connectivity index (χ2n) is 3.43. The van der Waals surface area contributed by atoms with Crippen LogP contribution in [0.5, 0.6) is 0 Å². The number of likely N-dealkylation sites (N-methyl/N-ethyl adjacent to an activating group) is 1. The Morgan fingerprint density at radius 2 is 1.80 bits per heavy atom. The zero-order valence-electron chi connectivity index (χ0n) is 7.77. The lowest BCUT2D eigenvalue weighted by Gasteiger charge is -2.27. The molecule has 0 aromatic carbocycles. The average molecular weight is 145 g/mol. The number of ether oxygens (including phenoxy) is 1. The van der Waals surface area contributed by atoms with Crippen LogP contribution in [0.4, 0.5) is 0 Å². The molecule has 0 aliphatic carbocycles. The Balaban J connectivity index is 3.63. The summed E-state index contributed by atoms with van der Waals surface area (Å²) in [4.78, 5) is 2.13. The van der Waals surface area contributed by atoms with Crippen LogP contribution in [0, 0.1) is 0 Å². The van der Waals surface area contributed by atoms with Gasteiger partial charge in [-0.25, -0.2) is 0 Å². The van der Waals surface area contributed by atoms with Crippen molar-refractivity contribution >= 4 is 0 Å². The number of hydrogen-bond acceptors (Lipinski definition) is 2. The summed E-state index contributed by atoms with van der Waals surface area (Å²) in [6.45, 7) is 8.01. The highest BCUT2D eigenvalue weighted by atomic mass is 16.5. The van der Waals surface area contributed by atoms with Gasteiger partial charge in [0.25, 0.3) is 0 Å². The van der Waals surface area contributed by atoms with Crippen LogP contribution in [-0.4, -0.2) is 37.7 Å². The lowest BCUT2D eigenvalue weighted by atomic mass is 10.1. The highest BCUT2D eigenvalue weighted by Gasteiger charge is 2.17. The molecule has 2 heteroatoms. The molecule has 62 valence electrons. The van der Waals surface area contributed by atoms with Crippen molar-refractivity contribution in [3.05, 3.63) is 0 Å². The van der Waals surface area contributed by atoms with Gasteiger partial charge in [-0.05, 0) is 34.9 Å². The Hall–Kier alpha value is -0.0800. The summed E-state index contributed by atoms with van der Waals surface area (Å²) >= 11 is 0. The van der Waals surface area contributed by atoms with Gasteiger partial charge in [-0.3, -0.25) is 0 Å². The van der Waals surface area contributed by atoms with Crippen LogP contribution in [0.2, 0.25) is 0 Å². The van der Waals surface area contributed by atoms with Crippen LogP contribution in [0.25, 0.3) is 0 Å². The van der Waals surface area contributed by atoms with Gasteiger partial charge in [0.1, 0.15) is 0 Å². The van der Waals surface area contributed by atoms with E-state index in [2.05, 4.69) is 32.8 Å². The molecule has 0 saturated carbocycles. The van der Waals surface area contributed by atoms with Crippen molar-refractivity contribution in [2.75, 3.05) is 27.2 Å². The van der Waals surface area contributed by atoms with Crippen molar-refractivity contribution in [2.45, 2.75) is 26.4 Å². The molecule has 0 atom stereocenters. The van der Waals surface area contributed by atoms with Crippen LogP contribution in [-0.2, 0) is 4.74 Å². The molecule has 0 amide bonds. The molecule has 0 bridgehead atoms. The fourth-order valence-corrected chi connectivity index (χ4v) is 1.20. The van der Waals surface area contributed by atoms with Crippen LogP contribution in [0.1, 0.15) is 20.8 Å². The number of nitrogens with zero attached hydrogens (tertiary/aromatic N) is 1. The van der Waals surface area contributed by atoms with Gasteiger partial charge in [-0.1, -0.05) is 0 Å². The van der Waals surface area contributed by atoms with E-state index in [1.807, 2.05) is 6.92 Å². The van der Waals surface area contributed by atoms with Crippen LogP contribution < -0.4 is 0 Å². The Morgan fingerprint density at radius 3 is 2.10 bits per heavy atom. The van der Waals surface area contributed by atoms with Crippen molar-refractivity contribution in [1.82, 2.24) is 4.90 Å². The Morgan fingerprint density at radius 1 is 1.30 bits per heavy atom. The fourth-order valence-electron chi connectivity index (χ4n) is 1.20. The maximum absolute atomic E-state index is 5.50. The third kappa shape index (κ3) is 4.77. The Labute approximate surface area is 64.2 Å². The molecule has 0 radical (unpaired) electrons. The van der Waals surface area contributed by atoms with Gasteiger partial charge in [0.05, 0.1) is 5.60 Å². The summed E-state index contributed by atoms with van der Waals surface area (Å²) in [7, 11) is 4.11. The van der Waals surface area contributed by atoms with E-state index in [1.165, 1.54) is 0 Å². The molecule has 0 saturated heterocycles. The van der Waals surface area contributed by atoms with Crippen molar-refractivity contribution < 1.29 is 4.74 Å². The van der Waals surface area contributed by atoms with Gasteiger partial charge in [0.15, 0.2) is 0 Å². The van der Waals surface area contributed by atoms with E-state index in [1.54, 1.807) is 0 Å². The second-order valence-corrected chi connectivity index (χ2v) is 3.43. The molecule has 0 heterocycles. The third-order valence-corrected chi connectivity index (χ3v) is 1.23. The van der Waals surface area contributed by atoms with Crippen LogP contribution in [0.15, 0.2) is 0 Å². The first-order valence-electron chi connectivity index (χ1n) is 3.76. The minimum atomic E-state index is -0.00174. The lowest BCUT2D eigenvalue weighted by Crippen LogP contribution is -2.36. The van der Waals surface area contributed by atoms with E-state index in [9.17, 15) is 0 Å². The maximum Gasteiger partial charge on any atom is 0.0752 e. The normalized spacial score (nSPS) is 12.6. The van der Waals surface area contributed by atoms with Gasteiger partial charge in [-0.2, -0.15) is 0 Å². The van der Waals surface area contributed by atoms with Crippen LogP contribution in [0.3, 0.4) is 0 Å². The minimum Gasteiger partial charge on any atom is -0.375 e. The van der Waals surface area contributed by atoms with E-state index < -0.39 is 0 Å². The van der Waals surface area contributed by atoms with Crippen molar-refractivity contribution in [3.8, 4) is 0 Å². The van der Waals surface area contributed by atoms with Gasteiger partial charge >= 0.3 is 0 Å². The van der Waals surface area contributed by atoms with Gasteiger partial charge < -0.3 is 9.64 Å². The summed E-state index contributed by atoms with van der Waals surface area (Å²) in [5, 5.41) is 0. The topological polar surface area (TPSA) is 12.5 Å². The van der Waals surface area contributed by atoms with E-state index in [0.29, 0.717) is 0 Å². The maximum atomic E-state index is 5.50. The summed E-state index contributed by atoms with van der Waals surface area (Å²) in [6.07, 6.45) is 0. The quantitative estimate of drug-likeness (QED) is 0.592. The van der Waals surface area contributed by atoms with Crippen molar-refractivity contribution in [3.63, 3.8) is 0 Å². The molecular weight excluding hydrogens is 126 g/mol. The van der Waals surface area contributed by atoms with Crippen molar-refractivity contribution in [2.24, 2.45) is 0 Å². The Bertz CT molecular complexity index is 89.3. The molecule has 0 spiro atoms. The first kappa shape index (κ1) is 9.92. The molecule has 0 unspecified atom stereocenters. The molecule has 0 fully saturated rings. The average Bonchev–Trinajstić information content (AvgIpc) is 1.59. The molecule has 2 nitrogen and oxygen atoms in total. The van der Waals surface area contributed by atoms with E-state index in [-0.39, 0.29) is 5.60 Å². The second kappa shape index (κ2) is 3.94. The molecule has 0 rings (SSSR count). The fraction of sp³-hybridized carbons (Fsp3) is 1.00. The molecule has 10 heavy (non-hydrogen) atoms. The minimum absolute atomic E-state index is 0.00174. The smallest absolute Gasteiger partial charge is 0.0752 e. The SMILES string of the molecule is CCOC(C)(C)CN(C)C. The molecule has 0 aliphatic heterocycles. The molecule has 0 aliphatic rings. The molecule has 0 aromatic heterocycles. The molecular formula is C8H19NO. The summed E-state index contributed by atoms with van der Waals surface area (Å²) < 4.78 is 5.50. The van der Waals surface area contributed by atoms with Gasteiger partial charge in [0, 0.05) is 13.2 Å². The zero-order chi connectivity index (χ0) is 8.20. The van der Waals surface area contributed by atoms with Gasteiger partial charge in [-0.15, -0.1) is 0 Å². The van der Waals surface area contributed by atoms with Gasteiger partial charge in [0.2, 0.25) is 0 Å². The standard InChI is InChI=1S/C8H19NO/c1-6-10-8(2,3)7-9(4)5/h6-7H2,1-5H3. The first-order chi connectivity index (χ1) is 4.48. The van der Waals surface area contributed by atoms with Crippen LogP contribution >= 0.6 is 0 Å². The highest BCUT2D eigenvalue weighted by molar-refractivity contribution is 4.70. The summed E-state index contributed by atoms with van der Waals surface area (Å²) in [6, 6.07) is 0. The van der Waals surface area contributed by atoms with E-state index in [4.69, 9.17) is 4.74 Å². The zero-order valence-corrected chi connectivity index (χ0v) is 7.77. The predicted octanol–water partition coefficient (Wildman–Crippen LogP) is 1.36. The first-order valence-corrected chi connectivity index (χ1v) is 3.76. The highest BCUT2D eigenvalue weighted by Crippen LogP contribution is 2.08. The lowest BCUT2D eigenvalue weighted by molar-refractivity contribution is -0.0258. The number of hydrogen-bond donors (Lipinski definition) is 0. The number of rotatable bonds is 4. The van der Waals surface area contributed by atoms with Crippen molar-refractivity contribution in [1.29, 1.82) is 0 Å². The Kier molecular flexibility index (Phi) is 3.91. The summed E-state index contributed by atoms with van der Waals surface area (Å²) in [5.74, 6) is 0. The largest absolute Gasteiger partial charge is 0.375 e.